The van der Waals surface area contributed by atoms with Crippen molar-refractivity contribution in [3.8, 4) is 0 Å². The highest BCUT2D eigenvalue weighted by Crippen LogP contribution is 2.35. The molecule has 1 unspecified atom stereocenters. The Morgan fingerprint density at radius 3 is 2.57 bits per heavy atom. The van der Waals surface area contributed by atoms with Crippen LogP contribution < -0.4 is 16.4 Å². The van der Waals surface area contributed by atoms with Gasteiger partial charge < -0.3 is 21.4 Å². The maximum atomic E-state index is 13.3. The number of H-pyrrole nitrogens is 1. The molecule has 7 nitrogen and oxygen atoms in total. The molecule has 2 aromatic rings. The first-order valence-electron chi connectivity index (χ1n) is 9.62. The van der Waals surface area contributed by atoms with Gasteiger partial charge in [-0.1, -0.05) is 26.0 Å². The molecule has 0 aliphatic heterocycles. The molecular weight excluding hydrogens is 356 g/mol. The Balaban J connectivity index is 2.02. The van der Waals surface area contributed by atoms with Crippen LogP contribution >= 0.6 is 0 Å². The van der Waals surface area contributed by atoms with E-state index in [0.29, 0.717) is 19.3 Å². The minimum atomic E-state index is -1.11. The summed E-state index contributed by atoms with van der Waals surface area (Å²) in [4.78, 5) is 40.5. The molecule has 0 saturated carbocycles. The van der Waals surface area contributed by atoms with Crippen molar-refractivity contribution < 1.29 is 14.4 Å². The van der Waals surface area contributed by atoms with Crippen LogP contribution in [-0.4, -0.2) is 34.3 Å². The minimum absolute atomic E-state index is 0.148. The second-order valence-corrected chi connectivity index (χ2v) is 8.12. The lowest BCUT2D eigenvalue weighted by Gasteiger charge is -2.37. The SMILES string of the molecule is CC(=O)NC1(C(=O)N[C@H](C(N)=O)C(C)C)CCc2[nH]c3cccc(C)c3c2C1. The molecule has 0 spiro atoms. The lowest BCUT2D eigenvalue weighted by atomic mass is 9.78. The van der Waals surface area contributed by atoms with Crippen LogP contribution in [0.4, 0.5) is 0 Å². The Morgan fingerprint density at radius 2 is 1.96 bits per heavy atom. The van der Waals surface area contributed by atoms with E-state index in [1.165, 1.54) is 6.92 Å². The standard InChI is InChI=1S/C21H28N4O3/c1-11(2)18(19(22)27)24-20(28)21(25-13(4)26)9-8-15-14(10-21)17-12(3)6-5-7-16(17)23-15/h5-7,11,18,23H,8-10H2,1-4H3,(H2,22,27)(H,24,28)(H,25,26)/t18-,21?/m0/s1. The first-order valence-corrected chi connectivity index (χ1v) is 9.62. The van der Waals surface area contributed by atoms with E-state index in [4.69, 9.17) is 5.73 Å². The largest absolute Gasteiger partial charge is 0.368 e. The third-order valence-corrected chi connectivity index (χ3v) is 5.61. The second kappa shape index (κ2) is 7.30. The summed E-state index contributed by atoms with van der Waals surface area (Å²) in [6.07, 6.45) is 1.43. The van der Waals surface area contributed by atoms with Crippen molar-refractivity contribution in [3.05, 3.63) is 35.0 Å². The summed E-state index contributed by atoms with van der Waals surface area (Å²) in [6, 6.07) is 5.26. The molecule has 28 heavy (non-hydrogen) atoms. The van der Waals surface area contributed by atoms with Gasteiger partial charge in [0, 0.05) is 29.9 Å². The first kappa shape index (κ1) is 19.9. The van der Waals surface area contributed by atoms with E-state index >= 15 is 0 Å². The van der Waals surface area contributed by atoms with Crippen molar-refractivity contribution >= 4 is 28.6 Å². The van der Waals surface area contributed by atoms with Gasteiger partial charge in [0.05, 0.1) is 0 Å². The van der Waals surface area contributed by atoms with Crippen LogP contribution in [0.1, 0.15) is 44.0 Å². The van der Waals surface area contributed by atoms with Gasteiger partial charge in [0.15, 0.2) is 0 Å². The Kier molecular flexibility index (Phi) is 5.19. The minimum Gasteiger partial charge on any atom is -0.368 e. The topological polar surface area (TPSA) is 117 Å². The average molecular weight is 384 g/mol. The van der Waals surface area contributed by atoms with Gasteiger partial charge in [0.2, 0.25) is 17.7 Å². The molecule has 2 atom stereocenters. The van der Waals surface area contributed by atoms with Crippen LogP contribution in [0.15, 0.2) is 18.2 Å². The zero-order chi connectivity index (χ0) is 20.6. The van der Waals surface area contributed by atoms with Gasteiger partial charge in [-0.25, -0.2) is 0 Å². The molecule has 1 aromatic heterocycles. The van der Waals surface area contributed by atoms with Gasteiger partial charge in [0.25, 0.3) is 0 Å². The van der Waals surface area contributed by atoms with Gasteiger partial charge in [-0.3, -0.25) is 14.4 Å². The average Bonchev–Trinajstić information content (AvgIpc) is 2.97. The summed E-state index contributed by atoms with van der Waals surface area (Å²) in [6.45, 7) is 7.08. The number of aromatic amines is 1. The predicted octanol–water partition coefficient (Wildman–Crippen LogP) is 1.47. The molecule has 1 aliphatic carbocycles. The Morgan fingerprint density at radius 1 is 1.25 bits per heavy atom. The number of fused-ring (bicyclic) bond motifs is 3. The predicted molar refractivity (Wildman–Crippen MR) is 108 cm³/mol. The molecule has 0 bridgehead atoms. The van der Waals surface area contributed by atoms with Crippen LogP contribution in [0.2, 0.25) is 0 Å². The molecule has 1 aliphatic rings. The number of carbonyl (C=O) groups excluding carboxylic acids is 3. The smallest absolute Gasteiger partial charge is 0.246 e. The molecule has 7 heteroatoms. The van der Waals surface area contributed by atoms with Crippen LogP contribution in [0.3, 0.4) is 0 Å². The van der Waals surface area contributed by atoms with E-state index < -0.39 is 17.5 Å². The number of primary amides is 1. The first-order chi connectivity index (χ1) is 13.1. The molecule has 1 heterocycles. The number of benzene rings is 1. The van der Waals surface area contributed by atoms with Crippen molar-refractivity contribution in [1.82, 2.24) is 15.6 Å². The number of nitrogens with two attached hydrogens (primary N) is 1. The van der Waals surface area contributed by atoms with Gasteiger partial charge in [-0.15, -0.1) is 0 Å². The number of hydrogen-bond donors (Lipinski definition) is 4. The number of amides is 3. The van der Waals surface area contributed by atoms with Crippen LogP contribution in [0.5, 0.6) is 0 Å². The lowest BCUT2D eigenvalue weighted by molar-refractivity contribution is -0.136. The summed E-state index contributed by atoms with van der Waals surface area (Å²) in [7, 11) is 0. The lowest BCUT2D eigenvalue weighted by Crippen LogP contribution is -2.64. The molecule has 0 fully saturated rings. The second-order valence-electron chi connectivity index (χ2n) is 8.12. The number of aryl methyl sites for hydroxylation is 2. The summed E-state index contributed by atoms with van der Waals surface area (Å²) in [5, 5.41) is 6.75. The third kappa shape index (κ3) is 3.48. The van der Waals surface area contributed by atoms with E-state index in [-0.39, 0.29) is 17.7 Å². The number of nitrogens with one attached hydrogen (secondary N) is 3. The zero-order valence-corrected chi connectivity index (χ0v) is 16.8. The molecule has 5 N–H and O–H groups in total. The van der Waals surface area contributed by atoms with Crippen molar-refractivity contribution in [2.45, 2.75) is 58.5 Å². The number of carbonyl (C=O) groups is 3. The molecular formula is C21H28N4O3. The van der Waals surface area contributed by atoms with E-state index in [1.807, 2.05) is 39.0 Å². The highest BCUT2D eigenvalue weighted by atomic mass is 16.2. The van der Waals surface area contributed by atoms with Crippen molar-refractivity contribution in [1.29, 1.82) is 0 Å². The van der Waals surface area contributed by atoms with E-state index in [9.17, 15) is 14.4 Å². The van der Waals surface area contributed by atoms with E-state index in [2.05, 4.69) is 15.6 Å². The Labute approximate surface area is 164 Å². The highest BCUT2D eigenvalue weighted by molar-refractivity contribution is 5.96. The summed E-state index contributed by atoms with van der Waals surface area (Å²) >= 11 is 0. The summed E-state index contributed by atoms with van der Waals surface area (Å²) in [5.41, 5.74) is 8.64. The van der Waals surface area contributed by atoms with Crippen LogP contribution in [-0.2, 0) is 27.2 Å². The summed E-state index contributed by atoms with van der Waals surface area (Å²) < 4.78 is 0. The molecule has 0 saturated heterocycles. The van der Waals surface area contributed by atoms with Crippen molar-refractivity contribution in [2.24, 2.45) is 11.7 Å². The van der Waals surface area contributed by atoms with Gasteiger partial charge in [0.1, 0.15) is 11.6 Å². The van der Waals surface area contributed by atoms with Crippen LogP contribution in [0, 0.1) is 12.8 Å². The summed E-state index contributed by atoms with van der Waals surface area (Å²) in [5.74, 6) is -1.38. The molecule has 0 radical (unpaired) electrons. The zero-order valence-electron chi connectivity index (χ0n) is 16.8. The Hall–Kier alpha value is -2.83. The van der Waals surface area contributed by atoms with E-state index in [1.54, 1.807) is 0 Å². The molecule has 150 valence electrons. The monoisotopic (exact) mass is 384 g/mol. The number of aromatic nitrogens is 1. The molecule has 3 amide bonds. The van der Waals surface area contributed by atoms with Gasteiger partial charge >= 0.3 is 0 Å². The van der Waals surface area contributed by atoms with Crippen LogP contribution in [0.25, 0.3) is 10.9 Å². The normalized spacial score (nSPS) is 19.9. The number of hydrogen-bond acceptors (Lipinski definition) is 3. The maximum Gasteiger partial charge on any atom is 0.246 e. The fourth-order valence-corrected chi connectivity index (χ4v) is 4.24. The van der Waals surface area contributed by atoms with Gasteiger partial charge in [-0.2, -0.15) is 0 Å². The molecule has 1 aromatic carbocycles. The Bertz CT molecular complexity index is 947. The molecule has 3 rings (SSSR count). The van der Waals surface area contributed by atoms with Gasteiger partial charge in [-0.05, 0) is 42.9 Å². The van der Waals surface area contributed by atoms with E-state index in [0.717, 1.165) is 27.7 Å². The van der Waals surface area contributed by atoms with Crippen molar-refractivity contribution in [2.75, 3.05) is 0 Å². The third-order valence-electron chi connectivity index (χ3n) is 5.61. The quantitative estimate of drug-likeness (QED) is 0.625. The fourth-order valence-electron chi connectivity index (χ4n) is 4.24. The number of rotatable bonds is 5. The maximum absolute atomic E-state index is 13.3. The highest BCUT2D eigenvalue weighted by Gasteiger charge is 2.44. The van der Waals surface area contributed by atoms with Crippen molar-refractivity contribution in [3.63, 3.8) is 0 Å². The fraction of sp³-hybridized carbons (Fsp3) is 0.476.